The van der Waals surface area contributed by atoms with Crippen LogP contribution in [0.3, 0.4) is 0 Å². The first kappa shape index (κ1) is 18.9. The molecule has 3 heterocycles. The maximum absolute atomic E-state index is 14.3. The van der Waals surface area contributed by atoms with Crippen LogP contribution in [0.5, 0.6) is 11.6 Å². The van der Waals surface area contributed by atoms with Crippen LogP contribution >= 0.6 is 11.3 Å². The van der Waals surface area contributed by atoms with Crippen molar-refractivity contribution in [3.63, 3.8) is 0 Å². The van der Waals surface area contributed by atoms with Crippen LogP contribution in [-0.2, 0) is 24.1 Å². The quantitative estimate of drug-likeness (QED) is 0.627. The Morgan fingerprint density at radius 3 is 2.90 bits per heavy atom. The van der Waals surface area contributed by atoms with E-state index >= 15 is 0 Å². The molecule has 1 aliphatic carbocycles. The fraction of sp³-hybridized carbons (Fsp3) is 0.455. The molecule has 3 aromatic rings. The topological polar surface area (TPSA) is 47.5 Å². The Bertz CT molecular complexity index is 1030. The van der Waals surface area contributed by atoms with Crippen LogP contribution in [0, 0.1) is 11.7 Å². The van der Waals surface area contributed by atoms with Crippen LogP contribution in [0.4, 0.5) is 4.39 Å². The van der Waals surface area contributed by atoms with Crippen LogP contribution in [0.25, 0.3) is 10.2 Å². The zero-order valence-corrected chi connectivity index (χ0v) is 17.3. The van der Waals surface area contributed by atoms with Crippen LogP contribution < -0.4 is 4.74 Å². The maximum atomic E-state index is 14.3. The Kier molecular flexibility index (Phi) is 5.20. The van der Waals surface area contributed by atoms with Crippen molar-refractivity contribution in [1.82, 2.24) is 14.9 Å². The Hall–Kier alpha value is -2.09. The molecule has 2 aliphatic rings. The van der Waals surface area contributed by atoms with E-state index in [1.807, 2.05) is 0 Å². The first-order valence-electron chi connectivity index (χ1n) is 10.2. The predicted octanol–water partition coefficient (Wildman–Crippen LogP) is 4.58. The molecule has 5 rings (SSSR count). The van der Waals surface area contributed by atoms with Gasteiger partial charge in [-0.15, -0.1) is 11.3 Å². The third-order valence-electron chi connectivity index (χ3n) is 5.68. The van der Waals surface area contributed by atoms with E-state index in [9.17, 15) is 4.39 Å². The first-order chi connectivity index (χ1) is 14.2. The number of ether oxygens (including phenoxy) is 2. The predicted molar refractivity (Wildman–Crippen MR) is 111 cm³/mol. The van der Waals surface area contributed by atoms with Gasteiger partial charge in [0.15, 0.2) is 11.6 Å². The van der Waals surface area contributed by atoms with Crippen molar-refractivity contribution in [2.75, 3.05) is 26.3 Å². The molecular weight excluding hydrogens is 389 g/mol. The number of halogens is 1. The number of benzene rings is 1. The van der Waals surface area contributed by atoms with E-state index in [0.29, 0.717) is 18.3 Å². The van der Waals surface area contributed by atoms with Crippen molar-refractivity contribution in [2.45, 2.75) is 32.7 Å². The minimum atomic E-state index is -0.383. The molecular formula is C22H24FN3O2S. The summed E-state index contributed by atoms with van der Waals surface area (Å²) >= 11 is 1.74. The Morgan fingerprint density at radius 1 is 1.24 bits per heavy atom. The second kappa shape index (κ2) is 7.97. The highest BCUT2D eigenvalue weighted by molar-refractivity contribution is 7.18. The second-order valence-electron chi connectivity index (χ2n) is 7.90. The highest BCUT2D eigenvalue weighted by Gasteiger charge is 2.26. The van der Waals surface area contributed by atoms with Gasteiger partial charge in [0.1, 0.15) is 10.7 Å². The lowest BCUT2D eigenvalue weighted by Gasteiger charge is -2.25. The van der Waals surface area contributed by atoms with Crippen molar-refractivity contribution in [2.24, 2.45) is 5.92 Å². The molecule has 0 spiro atoms. The van der Waals surface area contributed by atoms with Crippen molar-refractivity contribution in [1.29, 1.82) is 0 Å². The average molecular weight is 414 g/mol. The molecule has 0 amide bonds. The number of rotatable bonds is 4. The standard InChI is InChI=1S/C22H24FN3O2S/c1-14-6-7-15-18(12-14)29-22-20(15)21(28-17-5-3-2-4-16(17)23)24-19(25-22)13-26-8-10-27-11-9-26/h2-5,14H,6-13H2,1H3/t14-/m0/s1. The van der Waals surface area contributed by atoms with Crippen LogP contribution in [0.15, 0.2) is 24.3 Å². The minimum Gasteiger partial charge on any atom is -0.435 e. The zero-order valence-electron chi connectivity index (χ0n) is 16.5. The van der Waals surface area contributed by atoms with Crippen molar-refractivity contribution in [3.8, 4) is 11.6 Å². The lowest BCUT2D eigenvalue weighted by Crippen LogP contribution is -2.36. The fourth-order valence-corrected chi connectivity index (χ4v) is 5.48. The van der Waals surface area contributed by atoms with E-state index in [-0.39, 0.29) is 11.6 Å². The molecule has 152 valence electrons. The summed E-state index contributed by atoms with van der Waals surface area (Å²) in [6.07, 6.45) is 3.21. The van der Waals surface area contributed by atoms with Gasteiger partial charge in [-0.2, -0.15) is 4.98 Å². The number of morpholine rings is 1. The summed E-state index contributed by atoms with van der Waals surface area (Å²) in [4.78, 5) is 14.2. The van der Waals surface area contributed by atoms with Crippen LogP contribution in [0.1, 0.15) is 29.6 Å². The molecule has 29 heavy (non-hydrogen) atoms. The van der Waals surface area contributed by atoms with Crippen LogP contribution in [-0.4, -0.2) is 41.2 Å². The van der Waals surface area contributed by atoms with Crippen molar-refractivity contribution in [3.05, 3.63) is 46.3 Å². The Labute approximate surface area is 173 Å². The summed E-state index contributed by atoms with van der Waals surface area (Å²) in [5, 5.41) is 0.964. The zero-order chi connectivity index (χ0) is 19.8. The van der Waals surface area contributed by atoms with Gasteiger partial charge in [0.2, 0.25) is 5.88 Å². The van der Waals surface area contributed by atoms with Gasteiger partial charge in [0, 0.05) is 18.0 Å². The summed E-state index contributed by atoms with van der Waals surface area (Å²) in [5.74, 6) is 1.70. The summed E-state index contributed by atoms with van der Waals surface area (Å²) < 4.78 is 25.8. The molecule has 1 saturated heterocycles. The lowest BCUT2D eigenvalue weighted by atomic mass is 9.89. The monoisotopic (exact) mass is 413 g/mol. The smallest absolute Gasteiger partial charge is 0.231 e. The number of hydrogen-bond donors (Lipinski definition) is 0. The summed E-state index contributed by atoms with van der Waals surface area (Å²) in [6.45, 7) is 6.12. The largest absolute Gasteiger partial charge is 0.435 e. The number of nitrogens with zero attached hydrogens (tertiary/aromatic N) is 3. The van der Waals surface area contributed by atoms with Crippen molar-refractivity contribution < 1.29 is 13.9 Å². The number of aryl methyl sites for hydroxylation is 1. The third-order valence-corrected chi connectivity index (χ3v) is 6.83. The molecule has 0 radical (unpaired) electrons. The van der Waals surface area contributed by atoms with E-state index in [4.69, 9.17) is 19.4 Å². The van der Waals surface area contributed by atoms with E-state index in [0.717, 1.165) is 61.6 Å². The number of para-hydroxylation sites is 1. The molecule has 1 fully saturated rings. The molecule has 1 atom stereocenters. The number of hydrogen-bond acceptors (Lipinski definition) is 6. The van der Waals surface area contributed by atoms with Crippen LogP contribution in [0.2, 0.25) is 0 Å². The van der Waals surface area contributed by atoms with Gasteiger partial charge in [-0.1, -0.05) is 19.1 Å². The van der Waals surface area contributed by atoms with E-state index in [1.165, 1.54) is 16.5 Å². The average Bonchev–Trinajstić information content (AvgIpc) is 3.08. The molecule has 0 saturated carbocycles. The minimum absolute atomic E-state index is 0.203. The summed E-state index contributed by atoms with van der Waals surface area (Å²) in [6, 6.07) is 6.49. The van der Waals surface area contributed by atoms with E-state index in [2.05, 4.69) is 11.8 Å². The molecule has 1 aromatic carbocycles. The van der Waals surface area contributed by atoms with Gasteiger partial charge in [0.25, 0.3) is 0 Å². The Balaban J connectivity index is 1.58. The van der Waals surface area contributed by atoms with E-state index in [1.54, 1.807) is 29.5 Å². The lowest BCUT2D eigenvalue weighted by molar-refractivity contribution is 0.0330. The van der Waals surface area contributed by atoms with Gasteiger partial charge >= 0.3 is 0 Å². The SMILES string of the molecule is C[C@H]1CCc2c(sc3nc(CN4CCOCC4)nc(Oc4ccccc4F)c23)C1. The molecule has 0 unspecified atom stereocenters. The summed E-state index contributed by atoms with van der Waals surface area (Å²) in [7, 11) is 0. The molecule has 5 nitrogen and oxygen atoms in total. The molecule has 2 aromatic heterocycles. The molecule has 1 aliphatic heterocycles. The fourth-order valence-electron chi connectivity index (χ4n) is 4.09. The molecule has 0 N–H and O–H groups in total. The Morgan fingerprint density at radius 2 is 2.07 bits per heavy atom. The van der Waals surface area contributed by atoms with Gasteiger partial charge in [-0.05, 0) is 42.9 Å². The highest BCUT2D eigenvalue weighted by Crippen LogP contribution is 2.42. The normalized spacial score (nSPS) is 20.0. The van der Waals surface area contributed by atoms with E-state index < -0.39 is 0 Å². The molecule has 0 bridgehead atoms. The molecule has 7 heteroatoms. The summed E-state index contributed by atoms with van der Waals surface area (Å²) in [5.41, 5.74) is 1.28. The highest BCUT2D eigenvalue weighted by atomic mass is 32.1. The second-order valence-corrected chi connectivity index (χ2v) is 8.98. The first-order valence-corrected chi connectivity index (χ1v) is 11.0. The number of thiophene rings is 1. The van der Waals surface area contributed by atoms with Crippen molar-refractivity contribution >= 4 is 21.6 Å². The maximum Gasteiger partial charge on any atom is 0.231 e. The van der Waals surface area contributed by atoms with Gasteiger partial charge in [0.05, 0.1) is 25.1 Å². The van der Waals surface area contributed by atoms with Gasteiger partial charge in [-0.3, -0.25) is 4.90 Å². The third kappa shape index (κ3) is 3.86. The number of fused-ring (bicyclic) bond motifs is 3. The van der Waals surface area contributed by atoms with Gasteiger partial charge in [-0.25, -0.2) is 9.37 Å². The number of aromatic nitrogens is 2. The van der Waals surface area contributed by atoms with Gasteiger partial charge < -0.3 is 9.47 Å².